The third-order valence-electron chi connectivity index (χ3n) is 5.04. The van der Waals surface area contributed by atoms with Crippen LogP contribution in [0.25, 0.3) is 0 Å². The topological polar surface area (TPSA) is 64.2 Å². The lowest BCUT2D eigenvalue weighted by Gasteiger charge is -2.21. The minimum absolute atomic E-state index is 0.0513. The smallest absolute Gasteiger partial charge is 0.278 e. The van der Waals surface area contributed by atoms with Crippen molar-refractivity contribution in [2.45, 2.75) is 70.5 Å². The quantitative estimate of drug-likeness (QED) is 0.794. The molecule has 5 nitrogen and oxygen atoms in total. The van der Waals surface area contributed by atoms with Gasteiger partial charge in [0.2, 0.25) is 0 Å². The molecule has 0 saturated heterocycles. The van der Waals surface area contributed by atoms with E-state index in [0.29, 0.717) is 24.1 Å². The minimum atomic E-state index is -0.0513. The molecule has 5 heteroatoms. The van der Waals surface area contributed by atoms with Crippen LogP contribution < -0.4 is 20.1 Å². The van der Waals surface area contributed by atoms with Gasteiger partial charge in [-0.15, -0.1) is 0 Å². The van der Waals surface area contributed by atoms with Gasteiger partial charge in [0.05, 0.1) is 20.3 Å². The zero-order chi connectivity index (χ0) is 18.1. The molecule has 3 N–H and O–H groups in total. The van der Waals surface area contributed by atoms with Crippen molar-refractivity contribution < 1.29 is 19.6 Å². The fourth-order valence-corrected chi connectivity index (χ4v) is 3.52. The van der Waals surface area contributed by atoms with Crippen LogP contribution >= 0.6 is 0 Å². The Morgan fingerprint density at radius 3 is 2.40 bits per heavy atom. The van der Waals surface area contributed by atoms with Gasteiger partial charge in [-0.3, -0.25) is 4.79 Å². The van der Waals surface area contributed by atoms with Gasteiger partial charge in [-0.2, -0.15) is 0 Å². The number of carbonyl (C=O) groups is 1. The van der Waals surface area contributed by atoms with Crippen molar-refractivity contribution in [3.63, 3.8) is 0 Å². The number of hydrogen-bond acceptors (Lipinski definition) is 3. The molecule has 25 heavy (non-hydrogen) atoms. The Hall–Kier alpha value is -1.75. The zero-order valence-electron chi connectivity index (χ0n) is 15.8. The molecule has 1 amide bonds. The van der Waals surface area contributed by atoms with E-state index in [2.05, 4.69) is 10.6 Å². The second-order valence-electron chi connectivity index (χ2n) is 6.99. The van der Waals surface area contributed by atoms with Gasteiger partial charge in [0.1, 0.15) is 0 Å². The first-order chi connectivity index (χ1) is 12.1. The normalized spacial score (nSPS) is 17.2. The van der Waals surface area contributed by atoms with Gasteiger partial charge < -0.3 is 20.1 Å². The van der Waals surface area contributed by atoms with Gasteiger partial charge in [-0.25, -0.2) is 0 Å². The molecule has 0 bridgehead atoms. The van der Waals surface area contributed by atoms with Crippen molar-refractivity contribution in [2.24, 2.45) is 0 Å². The highest BCUT2D eigenvalue weighted by atomic mass is 16.5. The Balaban J connectivity index is 1.82. The van der Waals surface area contributed by atoms with Gasteiger partial charge in [0.15, 0.2) is 17.5 Å². The Morgan fingerprint density at radius 2 is 1.76 bits per heavy atom. The number of ether oxygens (including phenoxy) is 2. The number of methoxy groups -OCH3 is 2. The molecular formula is C20H33N2O3+. The maximum Gasteiger partial charge on any atom is 0.278 e. The van der Waals surface area contributed by atoms with Gasteiger partial charge in [0, 0.05) is 6.54 Å². The third-order valence-corrected chi connectivity index (χ3v) is 5.04. The number of nitrogens with one attached hydrogen (secondary N) is 1. The summed E-state index contributed by atoms with van der Waals surface area (Å²) < 4.78 is 10.6. The molecule has 140 valence electrons. The van der Waals surface area contributed by atoms with E-state index in [1.54, 1.807) is 14.2 Å². The van der Waals surface area contributed by atoms with Gasteiger partial charge in [-0.05, 0) is 50.3 Å². The van der Waals surface area contributed by atoms with Gasteiger partial charge in [-0.1, -0.05) is 25.3 Å². The van der Waals surface area contributed by atoms with Crippen LogP contribution in [0, 0.1) is 0 Å². The van der Waals surface area contributed by atoms with Crippen LogP contribution in [0.15, 0.2) is 18.2 Å². The van der Waals surface area contributed by atoms with Crippen LogP contribution in [-0.2, 0) is 11.3 Å². The SMILES string of the molecule is COc1ccc(CNC(=O)[C@@H](C)[NH2+]C2CCCCCCC2)cc1OC. The lowest BCUT2D eigenvalue weighted by Crippen LogP contribution is -2.96. The third kappa shape index (κ3) is 6.24. The molecule has 1 aromatic rings. The van der Waals surface area contributed by atoms with E-state index in [9.17, 15) is 4.79 Å². The summed E-state index contributed by atoms with van der Waals surface area (Å²) >= 11 is 0. The van der Waals surface area contributed by atoms with Gasteiger partial charge >= 0.3 is 0 Å². The van der Waals surface area contributed by atoms with Crippen LogP contribution in [0.2, 0.25) is 0 Å². The first-order valence-electron chi connectivity index (χ1n) is 9.47. The van der Waals surface area contributed by atoms with E-state index in [-0.39, 0.29) is 11.9 Å². The van der Waals surface area contributed by atoms with E-state index in [1.165, 1.54) is 44.9 Å². The van der Waals surface area contributed by atoms with E-state index < -0.39 is 0 Å². The van der Waals surface area contributed by atoms with Crippen molar-refractivity contribution in [1.29, 1.82) is 0 Å². The number of benzene rings is 1. The second kappa shape index (κ2) is 10.3. The number of hydrogen-bond donors (Lipinski definition) is 2. The Morgan fingerprint density at radius 1 is 1.12 bits per heavy atom. The fourth-order valence-electron chi connectivity index (χ4n) is 3.52. The second-order valence-corrected chi connectivity index (χ2v) is 6.99. The van der Waals surface area contributed by atoms with Gasteiger partial charge in [0.25, 0.3) is 5.91 Å². The fraction of sp³-hybridized carbons (Fsp3) is 0.650. The van der Waals surface area contributed by atoms with E-state index in [1.807, 2.05) is 25.1 Å². The number of quaternary nitrogens is 1. The molecule has 1 aromatic carbocycles. The predicted octanol–water partition coefficient (Wildman–Crippen LogP) is 2.38. The molecule has 1 fully saturated rings. The average Bonchev–Trinajstić information content (AvgIpc) is 2.61. The molecule has 1 aliphatic rings. The van der Waals surface area contributed by atoms with E-state index >= 15 is 0 Å². The Kier molecular flexibility index (Phi) is 8.06. The summed E-state index contributed by atoms with van der Waals surface area (Å²) in [5, 5.41) is 5.30. The highest BCUT2D eigenvalue weighted by Gasteiger charge is 2.22. The van der Waals surface area contributed by atoms with Crippen LogP contribution in [0.3, 0.4) is 0 Å². The highest BCUT2D eigenvalue weighted by Crippen LogP contribution is 2.27. The molecule has 0 heterocycles. The number of nitrogens with two attached hydrogens (primary N) is 1. The summed E-state index contributed by atoms with van der Waals surface area (Å²) in [6.07, 6.45) is 9.09. The number of carbonyl (C=O) groups excluding carboxylic acids is 1. The first-order valence-corrected chi connectivity index (χ1v) is 9.47. The molecule has 1 saturated carbocycles. The maximum atomic E-state index is 12.4. The minimum Gasteiger partial charge on any atom is -0.493 e. The standard InChI is InChI=1S/C20H32N2O3/c1-15(22-17-9-7-5-4-6-8-10-17)20(23)21-14-16-11-12-18(24-2)19(13-16)25-3/h11-13,15,17,22H,4-10,14H2,1-3H3,(H,21,23)/p+1/t15-/m1/s1. The maximum absolute atomic E-state index is 12.4. The number of rotatable bonds is 7. The van der Waals surface area contributed by atoms with Crippen molar-refractivity contribution in [1.82, 2.24) is 5.32 Å². The van der Waals surface area contributed by atoms with Crippen LogP contribution in [0.1, 0.15) is 57.4 Å². The average molecular weight is 349 g/mol. The molecular weight excluding hydrogens is 316 g/mol. The predicted molar refractivity (Wildman–Crippen MR) is 98.9 cm³/mol. The monoisotopic (exact) mass is 349 g/mol. The van der Waals surface area contributed by atoms with Crippen LogP contribution in [0.5, 0.6) is 11.5 Å². The molecule has 1 atom stereocenters. The van der Waals surface area contributed by atoms with Crippen LogP contribution in [0.4, 0.5) is 0 Å². The van der Waals surface area contributed by atoms with Crippen LogP contribution in [-0.4, -0.2) is 32.2 Å². The number of amides is 1. The molecule has 0 unspecified atom stereocenters. The molecule has 0 radical (unpaired) electrons. The molecule has 0 spiro atoms. The molecule has 2 rings (SSSR count). The summed E-state index contributed by atoms with van der Waals surface area (Å²) in [6.45, 7) is 2.50. The van der Waals surface area contributed by atoms with Crippen molar-refractivity contribution >= 4 is 5.91 Å². The van der Waals surface area contributed by atoms with Crippen molar-refractivity contribution in [3.05, 3.63) is 23.8 Å². The van der Waals surface area contributed by atoms with E-state index in [0.717, 1.165) is 5.56 Å². The molecule has 0 aliphatic heterocycles. The lowest BCUT2D eigenvalue weighted by molar-refractivity contribution is -0.708. The molecule has 0 aromatic heterocycles. The van der Waals surface area contributed by atoms with E-state index in [4.69, 9.17) is 9.47 Å². The lowest BCUT2D eigenvalue weighted by atomic mass is 9.96. The summed E-state index contributed by atoms with van der Waals surface area (Å²) in [7, 11) is 3.23. The summed E-state index contributed by atoms with van der Waals surface area (Å²) in [6, 6.07) is 6.25. The molecule has 1 aliphatic carbocycles. The van der Waals surface area contributed by atoms with Crippen molar-refractivity contribution in [2.75, 3.05) is 14.2 Å². The van der Waals surface area contributed by atoms with Crippen molar-refractivity contribution in [3.8, 4) is 11.5 Å². The summed E-state index contributed by atoms with van der Waals surface area (Å²) in [5.41, 5.74) is 1.00. The Labute approximate surface area is 151 Å². The summed E-state index contributed by atoms with van der Waals surface area (Å²) in [4.78, 5) is 12.4. The first kappa shape index (κ1) is 19.6. The summed E-state index contributed by atoms with van der Waals surface area (Å²) in [5.74, 6) is 1.48. The largest absolute Gasteiger partial charge is 0.493 e. The Bertz CT molecular complexity index is 540. The zero-order valence-corrected chi connectivity index (χ0v) is 15.8. The highest BCUT2D eigenvalue weighted by molar-refractivity contribution is 5.79.